The number of carbonyl (C=O) groups is 1. The SMILES string of the molecule is O=C(Cc1ccccc1)N1CCO[C@H](c2nc(-c3ncccn3)no2)C1. The first-order valence-corrected chi connectivity index (χ1v) is 8.34. The van der Waals surface area contributed by atoms with Crippen LogP contribution < -0.4 is 0 Å². The van der Waals surface area contributed by atoms with E-state index in [0.29, 0.717) is 43.7 Å². The average molecular weight is 351 g/mol. The lowest BCUT2D eigenvalue weighted by Gasteiger charge is -2.31. The molecule has 26 heavy (non-hydrogen) atoms. The van der Waals surface area contributed by atoms with Crippen LogP contribution in [-0.4, -0.2) is 50.6 Å². The average Bonchev–Trinajstić information content (AvgIpc) is 3.20. The van der Waals surface area contributed by atoms with Gasteiger partial charge in [0.1, 0.15) is 0 Å². The third kappa shape index (κ3) is 3.60. The zero-order valence-corrected chi connectivity index (χ0v) is 14.0. The Bertz CT molecular complexity index is 869. The molecule has 4 rings (SSSR count). The van der Waals surface area contributed by atoms with Crippen molar-refractivity contribution >= 4 is 5.91 Å². The van der Waals surface area contributed by atoms with Gasteiger partial charge in [-0.1, -0.05) is 35.5 Å². The molecule has 1 saturated heterocycles. The second-order valence-corrected chi connectivity index (χ2v) is 5.89. The predicted molar refractivity (Wildman–Crippen MR) is 90.7 cm³/mol. The molecule has 0 spiro atoms. The number of benzene rings is 1. The van der Waals surface area contributed by atoms with Gasteiger partial charge >= 0.3 is 0 Å². The second-order valence-electron chi connectivity index (χ2n) is 5.89. The van der Waals surface area contributed by atoms with Crippen LogP contribution in [0.25, 0.3) is 11.6 Å². The summed E-state index contributed by atoms with van der Waals surface area (Å²) in [7, 11) is 0. The largest absolute Gasteiger partial charge is 0.365 e. The van der Waals surface area contributed by atoms with E-state index >= 15 is 0 Å². The summed E-state index contributed by atoms with van der Waals surface area (Å²) in [5.41, 5.74) is 0.988. The number of nitrogens with zero attached hydrogens (tertiary/aromatic N) is 5. The highest BCUT2D eigenvalue weighted by atomic mass is 16.5. The maximum atomic E-state index is 12.6. The molecule has 3 aromatic rings. The van der Waals surface area contributed by atoms with Gasteiger partial charge in [0, 0.05) is 18.9 Å². The van der Waals surface area contributed by atoms with E-state index in [-0.39, 0.29) is 5.91 Å². The topological polar surface area (TPSA) is 94.2 Å². The van der Waals surface area contributed by atoms with Gasteiger partial charge in [-0.2, -0.15) is 4.98 Å². The number of hydrogen-bond donors (Lipinski definition) is 0. The van der Waals surface area contributed by atoms with Crippen molar-refractivity contribution < 1.29 is 14.1 Å². The Morgan fingerprint density at radius 2 is 1.92 bits per heavy atom. The summed E-state index contributed by atoms with van der Waals surface area (Å²) >= 11 is 0. The quantitative estimate of drug-likeness (QED) is 0.705. The number of morpholine rings is 1. The zero-order valence-electron chi connectivity index (χ0n) is 14.0. The molecule has 1 amide bonds. The van der Waals surface area contributed by atoms with Crippen molar-refractivity contribution in [2.45, 2.75) is 12.5 Å². The van der Waals surface area contributed by atoms with Crippen LogP contribution in [0.2, 0.25) is 0 Å². The fourth-order valence-corrected chi connectivity index (χ4v) is 2.78. The minimum Gasteiger partial charge on any atom is -0.365 e. The summed E-state index contributed by atoms with van der Waals surface area (Å²) in [6, 6.07) is 11.4. The molecule has 2 aromatic heterocycles. The molecule has 0 aliphatic carbocycles. The Morgan fingerprint density at radius 3 is 2.73 bits per heavy atom. The summed E-state index contributed by atoms with van der Waals surface area (Å²) < 4.78 is 11.0. The Morgan fingerprint density at radius 1 is 1.12 bits per heavy atom. The molecule has 8 heteroatoms. The van der Waals surface area contributed by atoms with Gasteiger partial charge in [-0.3, -0.25) is 4.79 Å². The van der Waals surface area contributed by atoms with Gasteiger partial charge in [-0.05, 0) is 11.6 Å². The molecule has 0 bridgehead atoms. The van der Waals surface area contributed by atoms with Crippen LogP contribution >= 0.6 is 0 Å². The highest BCUT2D eigenvalue weighted by Crippen LogP contribution is 2.23. The Kier molecular flexibility index (Phi) is 4.65. The van der Waals surface area contributed by atoms with Crippen molar-refractivity contribution in [3.8, 4) is 11.6 Å². The summed E-state index contributed by atoms with van der Waals surface area (Å²) in [6.45, 7) is 1.35. The van der Waals surface area contributed by atoms with Crippen LogP contribution in [0.1, 0.15) is 17.6 Å². The summed E-state index contributed by atoms with van der Waals surface area (Å²) in [5, 5.41) is 3.90. The molecule has 0 N–H and O–H groups in total. The first kappa shape index (κ1) is 16.3. The summed E-state index contributed by atoms with van der Waals surface area (Å²) in [5.74, 6) is 1.06. The number of ether oxygens (including phenoxy) is 1. The van der Waals surface area contributed by atoms with E-state index in [9.17, 15) is 4.79 Å². The van der Waals surface area contributed by atoms with Crippen LogP contribution in [-0.2, 0) is 16.0 Å². The first-order chi connectivity index (χ1) is 12.8. The molecule has 1 atom stereocenters. The molecule has 1 aliphatic rings. The Labute approximate surface area is 149 Å². The fraction of sp³-hybridized carbons (Fsp3) is 0.278. The lowest BCUT2D eigenvalue weighted by molar-refractivity contribution is -0.139. The van der Waals surface area contributed by atoms with Crippen molar-refractivity contribution in [2.75, 3.05) is 19.7 Å². The third-order valence-electron chi connectivity index (χ3n) is 4.10. The number of amides is 1. The van der Waals surface area contributed by atoms with E-state index in [1.54, 1.807) is 23.4 Å². The minimum atomic E-state index is -0.451. The van der Waals surface area contributed by atoms with E-state index in [0.717, 1.165) is 5.56 Å². The van der Waals surface area contributed by atoms with Crippen LogP contribution in [0.4, 0.5) is 0 Å². The molecular formula is C18H17N5O3. The first-order valence-electron chi connectivity index (χ1n) is 8.34. The lowest BCUT2D eigenvalue weighted by Crippen LogP contribution is -2.43. The Balaban J connectivity index is 1.44. The number of carbonyl (C=O) groups excluding carboxylic acids is 1. The molecule has 1 fully saturated rings. The molecule has 0 saturated carbocycles. The van der Waals surface area contributed by atoms with E-state index in [1.807, 2.05) is 30.3 Å². The van der Waals surface area contributed by atoms with Crippen molar-refractivity contribution in [2.24, 2.45) is 0 Å². The van der Waals surface area contributed by atoms with Gasteiger partial charge in [0.15, 0.2) is 6.10 Å². The standard InChI is InChI=1S/C18H17N5O3/c24-15(11-13-5-2-1-3-6-13)23-9-10-25-14(12-23)18-21-17(22-26-18)16-19-7-4-8-20-16/h1-8,14H,9-12H2/t14-/m0/s1. The summed E-state index contributed by atoms with van der Waals surface area (Å²) in [4.78, 5) is 26.8. The molecule has 132 valence electrons. The minimum absolute atomic E-state index is 0.0515. The number of hydrogen-bond acceptors (Lipinski definition) is 7. The lowest BCUT2D eigenvalue weighted by atomic mass is 10.1. The van der Waals surface area contributed by atoms with E-state index in [4.69, 9.17) is 9.26 Å². The molecule has 0 radical (unpaired) electrons. The number of aromatic nitrogens is 4. The maximum Gasteiger partial charge on any atom is 0.258 e. The molecule has 8 nitrogen and oxygen atoms in total. The van der Waals surface area contributed by atoms with Crippen molar-refractivity contribution in [3.63, 3.8) is 0 Å². The molecule has 0 unspecified atom stereocenters. The predicted octanol–water partition coefficient (Wildman–Crippen LogP) is 1.67. The van der Waals surface area contributed by atoms with E-state index in [2.05, 4.69) is 20.1 Å². The zero-order chi connectivity index (χ0) is 17.8. The highest BCUT2D eigenvalue weighted by molar-refractivity contribution is 5.78. The fourth-order valence-electron chi connectivity index (χ4n) is 2.78. The normalized spacial score (nSPS) is 17.2. The smallest absolute Gasteiger partial charge is 0.258 e. The summed E-state index contributed by atoms with van der Waals surface area (Å²) in [6.07, 6.45) is 3.13. The van der Waals surface area contributed by atoms with Gasteiger partial charge in [0.05, 0.1) is 19.6 Å². The Hall–Kier alpha value is -3.13. The molecule has 1 aromatic carbocycles. The van der Waals surface area contributed by atoms with Crippen LogP contribution in [0.5, 0.6) is 0 Å². The van der Waals surface area contributed by atoms with Crippen LogP contribution in [0, 0.1) is 0 Å². The van der Waals surface area contributed by atoms with E-state index in [1.165, 1.54) is 0 Å². The molecule has 3 heterocycles. The van der Waals surface area contributed by atoms with Crippen molar-refractivity contribution in [3.05, 3.63) is 60.2 Å². The molecular weight excluding hydrogens is 334 g/mol. The monoisotopic (exact) mass is 351 g/mol. The van der Waals surface area contributed by atoms with Gasteiger partial charge in [-0.25, -0.2) is 9.97 Å². The molecule has 1 aliphatic heterocycles. The van der Waals surface area contributed by atoms with Crippen molar-refractivity contribution in [1.29, 1.82) is 0 Å². The van der Waals surface area contributed by atoms with Crippen LogP contribution in [0.15, 0.2) is 53.3 Å². The van der Waals surface area contributed by atoms with Gasteiger partial charge in [-0.15, -0.1) is 0 Å². The van der Waals surface area contributed by atoms with Gasteiger partial charge in [0.2, 0.25) is 17.6 Å². The van der Waals surface area contributed by atoms with Gasteiger partial charge < -0.3 is 14.2 Å². The van der Waals surface area contributed by atoms with Crippen molar-refractivity contribution in [1.82, 2.24) is 25.0 Å². The van der Waals surface area contributed by atoms with Crippen LogP contribution in [0.3, 0.4) is 0 Å². The third-order valence-corrected chi connectivity index (χ3v) is 4.10. The number of rotatable bonds is 4. The van der Waals surface area contributed by atoms with E-state index < -0.39 is 6.10 Å². The second kappa shape index (κ2) is 7.40. The van der Waals surface area contributed by atoms with Gasteiger partial charge in [0.25, 0.3) is 5.89 Å². The highest BCUT2D eigenvalue weighted by Gasteiger charge is 2.29. The maximum absolute atomic E-state index is 12.6.